The highest BCUT2D eigenvalue weighted by atomic mass is 15.1. The summed E-state index contributed by atoms with van der Waals surface area (Å²) in [6.07, 6.45) is 9.97. The molecule has 7 aromatic carbocycles. The van der Waals surface area contributed by atoms with Gasteiger partial charge in [0.25, 0.3) is 0 Å². The molecule has 0 spiro atoms. The maximum Gasteiger partial charge on any atom is 0.116 e. The predicted octanol–water partition coefficient (Wildman–Crippen LogP) is 14.2. The molecule has 3 nitrogen and oxygen atoms in total. The molecule has 1 aliphatic rings. The molecule has 0 aliphatic heterocycles. The van der Waals surface area contributed by atoms with E-state index in [1.807, 2.05) is 6.07 Å². The van der Waals surface area contributed by atoms with Crippen molar-refractivity contribution in [3.8, 4) is 44.6 Å². The van der Waals surface area contributed by atoms with Gasteiger partial charge in [-0.3, -0.25) is 0 Å². The topological polar surface area (TPSA) is 29.0 Å². The van der Waals surface area contributed by atoms with E-state index in [0.717, 1.165) is 46.6 Å². The Balaban J connectivity index is 1.04. The van der Waals surface area contributed by atoms with Gasteiger partial charge >= 0.3 is 0 Å². The molecule has 3 heteroatoms. The third-order valence-electron chi connectivity index (χ3n) is 11.5. The molecule has 0 fully saturated rings. The van der Waals surface area contributed by atoms with E-state index in [4.69, 9.17) is 0 Å². The third-order valence-corrected chi connectivity index (χ3v) is 11.5. The number of hydrogen-bond acceptors (Lipinski definition) is 3. The third kappa shape index (κ3) is 6.31. The Morgan fingerprint density at radius 1 is 0.482 bits per heavy atom. The SMILES string of the molecule is CCC1(CC)c2cc(/C=C/c3ccc(-c4c(-c5ccccc5)cccc4-c4ccncn4)cc3)ccc2-c2ccc(N(c3ccccc3)c3ccccc3)cc21. The minimum Gasteiger partial charge on any atom is -0.310 e. The van der Waals surface area contributed by atoms with Gasteiger partial charge in [-0.05, 0) is 111 Å². The molecular formula is C53H43N3. The molecule has 0 atom stereocenters. The fraction of sp³-hybridized carbons (Fsp3) is 0.0943. The van der Waals surface area contributed by atoms with Crippen LogP contribution >= 0.6 is 0 Å². The van der Waals surface area contributed by atoms with Gasteiger partial charge < -0.3 is 4.90 Å². The Labute approximate surface area is 330 Å². The summed E-state index contributed by atoms with van der Waals surface area (Å²) in [4.78, 5) is 11.2. The number of hydrogen-bond donors (Lipinski definition) is 0. The lowest BCUT2D eigenvalue weighted by atomic mass is 9.73. The van der Waals surface area contributed by atoms with Gasteiger partial charge in [0.2, 0.25) is 0 Å². The van der Waals surface area contributed by atoms with Crippen LogP contribution in [0.1, 0.15) is 48.9 Å². The van der Waals surface area contributed by atoms with Crippen LogP contribution in [0.3, 0.4) is 0 Å². The zero-order valence-electron chi connectivity index (χ0n) is 31.8. The Kier molecular flexibility index (Phi) is 9.42. The number of para-hydroxylation sites is 2. The molecule has 0 bridgehead atoms. The summed E-state index contributed by atoms with van der Waals surface area (Å²) in [6.45, 7) is 4.69. The zero-order chi connectivity index (χ0) is 37.9. The minimum absolute atomic E-state index is 0.0707. The highest BCUT2D eigenvalue weighted by Gasteiger charge is 2.41. The Morgan fingerprint density at radius 3 is 1.71 bits per heavy atom. The molecule has 1 heterocycles. The highest BCUT2D eigenvalue weighted by Crippen LogP contribution is 2.54. The molecule has 270 valence electrons. The number of anilines is 3. The van der Waals surface area contributed by atoms with Crippen LogP contribution in [0.2, 0.25) is 0 Å². The van der Waals surface area contributed by atoms with Crippen molar-refractivity contribution in [1.29, 1.82) is 0 Å². The number of aromatic nitrogens is 2. The average Bonchev–Trinajstić information content (AvgIpc) is 3.55. The van der Waals surface area contributed by atoms with Crippen molar-refractivity contribution in [2.75, 3.05) is 4.90 Å². The standard InChI is InChI=1S/C53H43N3/c1-3-53(4-2)49-35-39(27-31-46(49)47-32-30-44(36-50(47)53)56(42-17-10-6-11-18-42)43-19-12-7-13-20-43)24-23-38-25-28-41(29-26-38)52-45(40-15-8-5-9-16-40)21-14-22-48(52)51-33-34-54-37-55-51/h5-37H,3-4H2,1-2H3/b24-23+. The smallest absolute Gasteiger partial charge is 0.116 e. The van der Waals surface area contributed by atoms with Crippen molar-refractivity contribution in [2.24, 2.45) is 0 Å². The second kappa shape index (κ2) is 15.1. The molecule has 0 unspecified atom stereocenters. The van der Waals surface area contributed by atoms with Crippen LogP contribution in [0.15, 0.2) is 188 Å². The largest absolute Gasteiger partial charge is 0.310 e. The maximum absolute atomic E-state index is 4.62. The van der Waals surface area contributed by atoms with Gasteiger partial charge in [-0.1, -0.05) is 159 Å². The van der Waals surface area contributed by atoms with Gasteiger partial charge in [0, 0.05) is 34.2 Å². The van der Waals surface area contributed by atoms with Crippen LogP contribution in [-0.4, -0.2) is 9.97 Å². The number of rotatable bonds is 10. The van der Waals surface area contributed by atoms with Crippen LogP contribution in [0.4, 0.5) is 17.1 Å². The molecular weight excluding hydrogens is 679 g/mol. The van der Waals surface area contributed by atoms with Crippen molar-refractivity contribution in [2.45, 2.75) is 32.1 Å². The first-order chi connectivity index (χ1) is 27.7. The molecule has 9 rings (SSSR count). The Morgan fingerprint density at radius 2 is 1.07 bits per heavy atom. The summed E-state index contributed by atoms with van der Waals surface area (Å²) in [7, 11) is 0. The van der Waals surface area contributed by atoms with Crippen LogP contribution in [0, 0.1) is 0 Å². The first-order valence-corrected chi connectivity index (χ1v) is 19.6. The van der Waals surface area contributed by atoms with Gasteiger partial charge in [-0.15, -0.1) is 0 Å². The molecule has 0 amide bonds. The molecule has 0 N–H and O–H groups in total. The lowest BCUT2D eigenvalue weighted by Crippen LogP contribution is -2.23. The summed E-state index contributed by atoms with van der Waals surface area (Å²) < 4.78 is 0. The second-order valence-corrected chi connectivity index (χ2v) is 14.5. The van der Waals surface area contributed by atoms with Gasteiger partial charge in [0.05, 0.1) is 5.69 Å². The summed E-state index contributed by atoms with van der Waals surface area (Å²) in [6, 6.07) is 63.4. The van der Waals surface area contributed by atoms with Crippen molar-refractivity contribution in [3.05, 3.63) is 211 Å². The molecule has 1 aliphatic carbocycles. The molecule has 0 radical (unpaired) electrons. The summed E-state index contributed by atoms with van der Waals surface area (Å²) in [5.74, 6) is 0. The van der Waals surface area contributed by atoms with E-state index in [-0.39, 0.29) is 5.41 Å². The summed E-state index contributed by atoms with van der Waals surface area (Å²) in [5.41, 5.74) is 18.0. The second-order valence-electron chi connectivity index (χ2n) is 14.5. The summed E-state index contributed by atoms with van der Waals surface area (Å²) >= 11 is 0. The lowest BCUT2D eigenvalue weighted by molar-refractivity contribution is 0.490. The number of nitrogens with zero attached hydrogens (tertiary/aromatic N) is 3. The monoisotopic (exact) mass is 721 g/mol. The van der Waals surface area contributed by atoms with Gasteiger partial charge in [-0.2, -0.15) is 0 Å². The number of fused-ring (bicyclic) bond motifs is 3. The lowest BCUT2D eigenvalue weighted by Gasteiger charge is -2.32. The van der Waals surface area contributed by atoms with E-state index in [9.17, 15) is 0 Å². The molecule has 0 saturated carbocycles. The Bertz CT molecular complexity index is 2530. The highest BCUT2D eigenvalue weighted by molar-refractivity contribution is 5.94. The fourth-order valence-corrected chi connectivity index (χ4v) is 8.70. The van der Waals surface area contributed by atoms with Gasteiger partial charge in [-0.25, -0.2) is 9.97 Å². The zero-order valence-corrected chi connectivity index (χ0v) is 31.8. The summed E-state index contributed by atoms with van der Waals surface area (Å²) in [5, 5.41) is 0. The first kappa shape index (κ1) is 34.9. The fourth-order valence-electron chi connectivity index (χ4n) is 8.70. The van der Waals surface area contributed by atoms with E-state index < -0.39 is 0 Å². The molecule has 1 aromatic heterocycles. The number of benzene rings is 7. The maximum atomic E-state index is 4.62. The van der Waals surface area contributed by atoms with Crippen LogP contribution in [0.25, 0.3) is 56.8 Å². The van der Waals surface area contributed by atoms with E-state index in [1.54, 1.807) is 12.5 Å². The molecule has 8 aromatic rings. The quantitative estimate of drug-likeness (QED) is 0.132. The van der Waals surface area contributed by atoms with E-state index >= 15 is 0 Å². The van der Waals surface area contributed by atoms with Crippen LogP contribution in [-0.2, 0) is 5.41 Å². The Hall–Kier alpha value is -6.84. The molecule has 0 saturated heterocycles. The average molecular weight is 722 g/mol. The predicted molar refractivity (Wildman–Crippen MR) is 235 cm³/mol. The first-order valence-electron chi connectivity index (χ1n) is 19.6. The van der Waals surface area contributed by atoms with Crippen molar-refractivity contribution in [1.82, 2.24) is 9.97 Å². The van der Waals surface area contributed by atoms with Crippen molar-refractivity contribution in [3.63, 3.8) is 0 Å². The van der Waals surface area contributed by atoms with Crippen molar-refractivity contribution >= 4 is 29.2 Å². The van der Waals surface area contributed by atoms with E-state index in [2.05, 4.69) is 211 Å². The van der Waals surface area contributed by atoms with Crippen molar-refractivity contribution < 1.29 is 0 Å². The normalized spacial score (nSPS) is 12.7. The van der Waals surface area contributed by atoms with Gasteiger partial charge in [0.1, 0.15) is 6.33 Å². The van der Waals surface area contributed by atoms with E-state index in [0.29, 0.717) is 0 Å². The van der Waals surface area contributed by atoms with Crippen LogP contribution < -0.4 is 4.90 Å². The minimum atomic E-state index is -0.0707. The van der Waals surface area contributed by atoms with E-state index in [1.165, 1.54) is 50.2 Å². The van der Waals surface area contributed by atoms with Crippen LogP contribution in [0.5, 0.6) is 0 Å². The van der Waals surface area contributed by atoms with Gasteiger partial charge in [0.15, 0.2) is 0 Å². The molecule has 56 heavy (non-hydrogen) atoms.